The molecular formula is C28H27N3O5. The van der Waals surface area contributed by atoms with Gasteiger partial charge in [-0.25, -0.2) is 0 Å². The van der Waals surface area contributed by atoms with Gasteiger partial charge < -0.3 is 15.2 Å². The van der Waals surface area contributed by atoms with Crippen LogP contribution in [0.4, 0.5) is 11.4 Å². The molecule has 2 amide bonds. The Hall–Kier alpha value is -4.46. The van der Waals surface area contributed by atoms with Crippen molar-refractivity contribution in [2.45, 2.75) is 26.8 Å². The number of carbonyl (C=O) groups is 3. The second kappa shape index (κ2) is 10.4. The Balaban J connectivity index is 1.80. The minimum atomic E-state index is -0.898. The first-order valence-electron chi connectivity index (χ1n) is 11.6. The summed E-state index contributed by atoms with van der Waals surface area (Å²) >= 11 is 0. The topological polar surface area (TPSA) is 109 Å². The molecule has 36 heavy (non-hydrogen) atoms. The van der Waals surface area contributed by atoms with Crippen molar-refractivity contribution in [2.24, 2.45) is 5.92 Å². The lowest BCUT2D eigenvalue weighted by Gasteiger charge is -2.25. The van der Waals surface area contributed by atoms with Gasteiger partial charge in [0.05, 0.1) is 18.2 Å². The summed E-state index contributed by atoms with van der Waals surface area (Å²) in [7, 11) is 0. The summed E-state index contributed by atoms with van der Waals surface area (Å²) in [6, 6.07) is 15.9. The summed E-state index contributed by atoms with van der Waals surface area (Å²) < 4.78 is 5.77. The largest absolute Gasteiger partial charge is 0.507 e. The molecule has 1 aliphatic rings. The van der Waals surface area contributed by atoms with Crippen LogP contribution in [0.2, 0.25) is 0 Å². The number of ketones is 1. The normalized spacial score (nSPS) is 16.9. The molecule has 1 fully saturated rings. The van der Waals surface area contributed by atoms with Crippen LogP contribution in [0, 0.1) is 5.92 Å². The third kappa shape index (κ3) is 5.12. The van der Waals surface area contributed by atoms with E-state index in [1.807, 2.05) is 13.8 Å². The molecular weight excluding hydrogens is 458 g/mol. The van der Waals surface area contributed by atoms with Gasteiger partial charge in [-0.3, -0.25) is 24.3 Å². The van der Waals surface area contributed by atoms with E-state index in [2.05, 4.69) is 10.3 Å². The number of aliphatic hydroxyl groups excluding tert-OH is 1. The fourth-order valence-corrected chi connectivity index (χ4v) is 4.01. The molecule has 1 unspecified atom stereocenters. The fourth-order valence-electron chi connectivity index (χ4n) is 4.01. The predicted octanol–water partition coefficient (Wildman–Crippen LogP) is 4.70. The van der Waals surface area contributed by atoms with Crippen LogP contribution in [0.3, 0.4) is 0 Å². The Labute approximate surface area is 209 Å². The summed E-state index contributed by atoms with van der Waals surface area (Å²) in [4.78, 5) is 43.4. The van der Waals surface area contributed by atoms with Gasteiger partial charge in [0, 0.05) is 36.3 Å². The molecule has 0 aliphatic carbocycles. The fraction of sp³-hybridized carbons (Fsp3) is 0.214. The number of hydrogen-bond donors (Lipinski definition) is 2. The third-order valence-electron chi connectivity index (χ3n) is 5.60. The molecule has 0 radical (unpaired) electrons. The molecule has 8 nitrogen and oxygen atoms in total. The summed E-state index contributed by atoms with van der Waals surface area (Å²) in [5, 5.41) is 14.0. The lowest BCUT2D eigenvalue weighted by molar-refractivity contribution is -0.132. The number of ether oxygens (including phenoxy) is 1. The third-order valence-corrected chi connectivity index (χ3v) is 5.60. The Morgan fingerprint density at radius 3 is 2.50 bits per heavy atom. The number of benzene rings is 2. The SMILES string of the molecule is CC(=O)Nc1ccc(N2C(=O)C(=O)/C(=C(\O)c3cccc(OCC(C)C)c3)C2c2cccnc2)cc1. The first-order chi connectivity index (χ1) is 17.3. The number of amides is 2. The number of carbonyl (C=O) groups excluding carboxylic acids is 3. The number of nitrogens with one attached hydrogen (secondary N) is 1. The van der Waals surface area contributed by atoms with E-state index in [4.69, 9.17) is 4.74 Å². The van der Waals surface area contributed by atoms with Crippen LogP contribution in [0.5, 0.6) is 5.75 Å². The molecule has 1 aliphatic heterocycles. The van der Waals surface area contributed by atoms with Crippen molar-refractivity contribution in [1.29, 1.82) is 0 Å². The quantitative estimate of drug-likeness (QED) is 0.285. The smallest absolute Gasteiger partial charge is 0.300 e. The van der Waals surface area contributed by atoms with Crippen LogP contribution >= 0.6 is 0 Å². The number of anilines is 2. The van der Waals surface area contributed by atoms with Crippen LogP contribution in [0.15, 0.2) is 78.6 Å². The van der Waals surface area contributed by atoms with Gasteiger partial charge in [0.15, 0.2) is 0 Å². The summed E-state index contributed by atoms with van der Waals surface area (Å²) in [6.07, 6.45) is 3.15. The van der Waals surface area contributed by atoms with Crippen molar-refractivity contribution in [1.82, 2.24) is 4.98 Å². The molecule has 0 saturated carbocycles. The zero-order chi connectivity index (χ0) is 25.8. The first-order valence-corrected chi connectivity index (χ1v) is 11.6. The van der Waals surface area contributed by atoms with Crippen molar-refractivity contribution in [2.75, 3.05) is 16.8 Å². The number of rotatable bonds is 7. The van der Waals surface area contributed by atoms with Gasteiger partial charge in [0.2, 0.25) is 5.91 Å². The van der Waals surface area contributed by atoms with Crippen molar-refractivity contribution >= 4 is 34.7 Å². The molecule has 1 aromatic heterocycles. The average molecular weight is 486 g/mol. The standard InChI is InChI=1S/C28H27N3O5/c1-17(2)16-36-23-8-4-6-19(14-23)26(33)24-25(20-7-5-13-29-15-20)31(28(35)27(24)34)22-11-9-21(10-12-22)30-18(3)32/h4-15,17,25,33H,16H2,1-3H3,(H,30,32)/b26-24-. The second-order valence-corrected chi connectivity index (χ2v) is 8.92. The van der Waals surface area contributed by atoms with E-state index in [1.165, 1.54) is 11.8 Å². The number of hydrogen-bond acceptors (Lipinski definition) is 6. The predicted molar refractivity (Wildman–Crippen MR) is 137 cm³/mol. The van der Waals surface area contributed by atoms with E-state index in [9.17, 15) is 19.5 Å². The van der Waals surface area contributed by atoms with E-state index in [0.29, 0.717) is 40.8 Å². The molecule has 4 rings (SSSR count). The van der Waals surface area contributed by atoms with Crippen LogP contribution in [0.1, 0.15) is 37.9 Å². The van der Waals surface area contributed by atoms with Crippen LogP contribution < -0.4 is 15.0 Å². The van der Waals surface area contributed by atoms with E-state index >= 15 is 0 Å². The Morgan fingerprint density at radius 2 is 1.86 bits per heavy atom. The van der Waals surface area contributed by atoms with Gasteiger partial charge in [-0.05, 0) is 53.9 Å². The number of nitrogens with zero attached hydrogens (tertiary/aromatic N) is 2. The molecule has 1 atom stereocenters. The molecule has 2 heterocycles. The van der Waals surface area contributed by atoms with Gasteiger partial charge in [-0.1, -0.05) is 32.0 Å². The molecule has 2 aromatic carbocycles. The maximum atomic E-state index is 13.3. The van der Waals surface area contributed by atoms with Gasteiger partial charge in [-0.15, -0.1) is 0 Å². The second-order valence-electron chi connectivity index (χ2n) is 8.92. The first kappa shape index (κ1) is 24.7. The molecule has 1 saturated heterocycles. The van der Waals surface area contributed by atoms with E-state index < -0.39 is 17.7 Å². The van der Waals surface area contributed by atoms with Gasteiger partial charge in [-0.2, -0.15) is 0 Å². The van der Waals surface area contributed by atoms with Crippen LogP contribution in [-0.2, 0) is 14.4 Å². The maximum Gasteiger partial charge on any atom is 0.300 e. The Kier molecular flexibility index (Phi) is 7.15. The van der Waals surface area contributed by atoms with Crippen molar-refractivity contribution < 1.29 is 24.2 Å². The highest BCUT2D eigenvalue weighted by atomic mass is 16.5. The summed E-state index contributed by atoms with van der Waals surface area (Å²) in [5.41, 5.74) is 1.88. The summed E-state index contributed by atoms with van der Waals surface area (Å²) in [5.74, 6) is -1.23. The highest BCUT2D eigenvalue weighted by Gasteiger charge is 2.47. The lowest BCUT2D eigenvalue weighted by Crippen LogP contribution is -2.29. The molecule has 3 aromatic rings. The molecule has 0 spiro atoms. The molecule has 2 N–H and O–H groups in total. The summed E-state index contributed by atoms with van der Waals surface area (Å²) in [6.45, 7) is 5.96. The minimum absolute atomic E-state index is 0.0417. The number of Topliss-reactive ketones (excluding diaryl/α,β-unsaturated/α-hetero) is 1. The van der Waals surface area contributed by atoms with Crippen LogP contribution in [0.25, 0.3) is 5.76 Å². The molecule has 0 bridgehead atoms. The highest BCUT2D eigenvalue weighted by Crippen LogP contribution is 2.42. The zero-order valence-corrected chi connectivity index (χ0v) is 20.3. The van der Waals surface area contributed by atoms with Gasteiger partial charge in [0.25, 0.3) is 11.7 Å². The maximum absolute atomic E-state index is 13.3. The van der Waals surface area contributed by atoms with E-state index in [1.54, 1.807) is 73.1 Å². The Bertz CT molecular complexity index is 1320. The lowest BCUT2D eigenvalue weighted by atomic mass is 9.96. The zero-order valence-electron chi connectivity index (χ0n) is 20.3. The van der Waals surface area contributed by atoms with E-state index in [0.717, 1.165) is 0 Å². The van der Waals surface area contributed by atoms with E-state index in [-0.39, 0.29) is 17.2 Å². The number of aromatic nitrogens is 1. The minimum Gasteiger partial charge on any atom is -0.507 e. The Morgan fingerprint density at radius 1 is 1.11 bits per heavy atom. The van der Waals surface area contributed by atoms with Gasteiger partial charge in [0.1, 0.15) is 11.5 Å². The highest BCUT2D eigenvalue weighted by molar-refractivity contribution is 6.51. The van der Waals surface area contributed by atoms with Crippen LogP contribution in [-0.4, -0.2) is 34.3 Å². The average Bonchev–Trinajstić information content (AvgIpc) is 3.13. The van der Waals surface area contributed by atoms with Crippen molar-refractivity contribution in [3.8, 4) is 5.75 Å². The monoisotopic (exact) mass is 485 g/mol. The van der Waals surface area contributed by atoms with Gasteiger partial charge >= 0.3 is 0 Å². The molecule has 8 heteroatoms. The molecule has 184 valence electrons. The van der Waals surface area contributed by atoms with Crippen molar-refractivity contribution in [3.63, 3.8) is 0 Å². The number of pyridine rings is 1. The number of aliphatic hydroxyl groups is 1. The van der Waals surface area contributed by atoms with Crippen molar-refractivity contribution in [3.05, 3.63) is 89.8 Å².